The van der Waals surface area contributed by atoms with Gasteiger partial charge in [-0.15, -0.1) is 0 Å². The molecule has 0 aromatic carbocycles. The second-order valence-corrected chi connectivity index (χ2v) is 1.23. The molecule has 2 nitrogen and oxygen atoms in total. The van der Waals surface area contributed by atoms with Crippen molar-refractivity contribution in [1.82, 2.24) is 9.55 Å². The van der Waals surface area contributed by atoms with E-state index >= 15 is 0 Å². The molecule has 0 spiro atoms. The van der Waals surface area contributed by atoms with Crippen LogP contribution in [0.3, 0.4) is 0 Å². The van der Waals surface area contributed by atoms with E-state index in [-0.39, 0.29) is 16.8 Å². The van der Waals surface area contributed by atoms with E-state index in [9.17, 15) is 0 Å². The summed E-state index contributed by atoms with van der Waals surface area (Å²) < 4.78 is 1.89. The number of aromatic nitrogens is 2. The molecule has 0 amide bonds. The minimum absolute atomic E-state index is 0. The predicted octanol–water partition coefficient (Wildman–Crippen LogP) is 0.418. The molecule has 0 aliphatic rings. The molecule has 1 aromatic rings. The summed E-state index contributed by atoms with van der Waals surface area (Å²) in [5.41, 5.74) is 0. The van der Waals surface area contributed by atoms with Crippen molar-refractivity contribution in [3.05, 3.63) is 18.7 Å². The van der Waals surface area contributed by atoms with E-state index in [0.29, 0.717) is 0 Å². The Morgan fingerprint density at radius 3 is 2.43 bits per heavy atom. The van der Waals surface area contributed by atoms with Crippen molar-refractivity contribution >= 4 is 0 Å². The summed E-state index contributed by atoms with van der Waals surface area (Å²) in [6.45, 7) is 0. The zero-order valence-corrected chi connectivity index (χ0v) is 5.00. The van der Waals surface area contributed by atoms with Crippen molar-refractivity contribution in [3.63, 3.8) is 0 Å². The Balaban J connectivity index is 0.000000360. The molecular formula is C4H6CoN2+2. The van der Waals surface area contributed by atoms with Crippen LogP contribution in [0.25, 0.3) is 0 Å². The maximum atomic E-state index is 3.78. The molecule has 1 radical (unpaired) electrons. The fourth-order valence-corrected chi connectivity index (χ4v) is 0.326. The summed E-state index contributed by atoms with van der Waals surface area (Å²) in [5, 5.41) is 0. The van der Waals surface area contributed by atoms with Gasteiger partial charge < -0.3 is 4.57 Å². The van der Waals surface area contributed by atoms with Gasteiger partial charge in [0.2, 0.25) is 0 Å². The summed E-state index contributed by atoms with van der Waals surface area (Å²) >= 11 is 0. The van der Waals surface area contributed by atoms with E-state index < -0.39 is 0 Å². The van der Waals surface area contributed by atoms with Gasteiger partial charge in [-0.1, -0.05) is 0 Å². The van der Waals surface area contributed by atoms with Gasteiger partial charge in [0.05, 0.1) is 6.33 Å². The molecule has 0 bridgehead atoms. The van der Waals surface area contributed by atoms with Crippen LogP contribution in [-0.4, -0.2) is 9.55 Å². The van der Waals surface area contributed by atoms with E-state index in [2.05, 4.69) is 4.98 Å². The first-order chi connectivity index (χ1) is 2.89. The van der Waals surface area contributed by atoms with Crippen molar-refractivity contribution in [2.75, 3.05) is 0 Å². The zero-order chi connectivity index (χ0) is 4.41. The van der Waals surface area contributed by atoms with Crippen molar-refractivity contribution < 1.29 is 16.8 Å². The van der Waals surface area contributed by atoms with Crippen molar-refractivity contribution in [2.45, 2.75) is 0 Å². The summed E-state index contributed by atoms with van der Waals surface area (Å²) in [4.78, 5) is 3.78. The summed E-state index contributed by atoms with van der Waals surface area (Å²) in [6.07, 6.45) is 5.39. The molecule has 0 aliphatic carbocycles. The van der Waals surface area contributed by atoms with E-state index in [1.54, 1.807) is 12.5 Å². The molecule has 3 heteroatoms. The number of aryl methyl sites for hydroxylation is 1. The fraction of sp³-hybridized carbons (Fsp3) is 0.250. The molecule has 0 aliphatic heterocycles. The summed E-state index contributed by atoms with van der Waals surface area (Å²) in [6, 6.07) is 0. The second-order valence-electron chi connectivity index (χ2n) is 1.23. The minimum Gasteiger partial charge on any atom is -0.341 e. The maximum absolute atomic E-state index is 3.78. The van der Waals surface area contributed by atoms with Gasteiger partial charge in [0.15, 0.2) is 0 Å². The standard InChI is InChI=1S/C4H6N2.Co/c1-6-3-2-5-4-6;/h2-4H,1H3;/q;+2. The van der Waals surface area contributed by atoms with Crippen molar-refractivity contribution in [3.8, 4) is 0 Å². The molecule has 0 N–H and O–H groups in total. The molecule has 7 heavy (non-hydrogen) atoms. The van der Waals surface area contributed by atoms with Gasteiger partial charge in [-0.05, 0) is 0 Å². The van der Waals surface area contributed by atoms with E-state index in [0.717, 1.165) is 0 Å². The Hall–Kier alpha value is -0.284. The average molecular weight is 141 g/mol. The van der Waals surface area contributed by atoms with E-state index in [1.165, 1.54) is 0 Å². The third-order valence-corrected chi connectivity index (χ3v) is 0.637. The first-order valence-electron chi connectivity index (χ1n) is 1.81. The average Bonchev–Trinajstić information content (AvgIpc) is 1.86. The molecule has 39 valence electrons. The number of imidazole rings is 1. The molecule has 0 atom stereocenters. The largest absolute Gasteiger partial charge is 2.00 e. The first kappa shape index (κ1) is 6.72. The van der Waals surface area contributed by atoms with Gasteiger partial charge in [0.25, 0.3) is 0 Å². The van der Waals surface area contributed by atoms with Crippen LogP contribution < -0.4 is 0 Å². The quantitative estimate of drug-likeness (QED) is 0.511. The van der Waals surface area contributed by atoms with Crippen LogP contribution in [0.1, 0.15) is 0 Å². The first-order valence-corrected chi connectivity index (χ1v) is 1.81. The van der Waals surface area contributed by atoms with Crippen LogP contribution >= 0.6 is 0 Å². The summed E-state index contributed by atoms with van der Waals surface area (Å²) in [7, 11) is 1.94. The third-order valence-electron chi connectivity index (χ3n) is 0.637. The van der Waals surface area contributed by atoms with Gasteiger partial charge in [-0.3, -0.25) is 0 Å². The number of hydrogen-bond acceptors (Lipinski definition) is 1. The molecule has 1 aromatic heterocycles. The van der Waals surface area contributed by atoms with Crippen LogP contribution in [0, 0.1) is 0 Å². The van der Waals surface area contributed by atoms with Crippen molar-refractivity contribution in [1.29, 1.82) is 0 Å². The van der Waals surface area contributed by atoms with Crippen LogP contribution in [0.2, 0.25) is 0 Å². The molecule has 0 saturated carbocycles. The monoisotopic (exact) mass is 141 g/mol. The summed E-state index contributed by atoms with van der Waals surface area (Å²) in [5.74, 6) is 0. The second kappa shape index (κ2) is 2.82. The van der Waals surface area contributed by atoms with E-state index in [1.807, 2.05) is 17.8 Å². The van der Waals surface area contributed by atoms with Crippen LogP contribution in [0.15, 0.2) is 18.7 Å². The molecule has 1 heterocycles. The molecule has 1 rings (SSSR count). The molecule has 0 fully saturated rings. The minimum atomic E-state index is 0. The zero-order valence-electron chi connectivity index (χ0n) is 3.96. The van der Waals surface area contributed by atoms with Gasteiger partial charge >= 0.3 is 16.8 Å². The number of hydrogen-bond donors (Lipinski definition) is 0. The van der Waals surface area contributed by atoms with E-state index in [4.69, 9.17) is 0 Å². The van der Waals surface area contributed by atoms with Crippen LogP contribution in [-0.2, 0) is 23.8 Å². The molecular weight excluding hydrogens is 135 g/mol. The Kier molecular flexibility index (Phi) is 2.70. The molecule has 0 unspecified atom stereocenters. The van der Waals surface area contributed by atoms with Gasteiger partial charge in [0, 0.05) is 19.4 Å². The van der Waals surface area contributed by atoms with Crippen LogP contribution in [0.4, 0.5) is 0 Å². The molecule has 0 saturated heterocycles. The number of rotatable bonds is 0. The predicted molar refractivity (Wildman–Crippen MR) is 23.2 cm³/mol. The van der Waals surface area contributed by atoms with Gasteiger partial charge in [0.1, 0.15) is 0 Å². The topological polar surface area (TPSA) is 17.8 Å². The smallest absolute Gasteiger partial charge is 0.341 e. The Bertz CT molecular complexity index is 113. The Labute approximate surface area is 52.8 Å². The number of nitrogens with zero attached hydrogens (tertiary/aromatic N) is 2. The van der Waals surface area contributed by atoms with Crippen LogP contribution in [0.5, 0.6) is 0 Å². The van der Waals surface area contributed by atoms with Gasteiger partial charge in [-0.25, -0.2) is 4.98 Å². The Morgan fingerprint density at radius 1 is 1.57 bits per heavy atom. The van der Waals surface area contributed by atoms with Gasteiger partial charge in [-0.2, -0.15) is 0 Å². The maximum Gasteiger partial charge on any atom is 2.00 e. The fourth-order valence-electron chi connectivity index (χ4n) is 0.326. The Morgan fingerprint density at radius 2 is 2.29 bits per heavy atom. The normalized spacial score (nSPS) is 7.57. The third kappa shape index (κ3) is 1.75. The SMILES string of the molecule is Cn1ccnc1.[Co+2]. The van der Waals surface area contributed by atoms with Crippen molar-refractivity contribution in [2.24, 2.45) is 7.05 Å².